The molecule has 0 radical (unpaired) electrons. The lowest BCUT2D eigenvalue weighted by Crippen LogP contribution is -2.41. The highest BCUT2D eigenvalue weighted by Crippen LogP contribution is 2.50. The molecule has 1 aromatic carbocycles. The summed E-state index contributed by atoms with van der Waals surface area (Å²) in [6, 6.07) is 10.2. The number of likely N-dealkylation sites (tertiary alicyclic amines) is 2. The Morgan fingerprint density at radius 3 is 2.65 bits per heavy atom. The molecule has 26 heavy (non-hydrogen) atoms. The zero-order valence-corrected chi connectivity index (χ0v) is 15.1. The summed E-state index contributed by atoms with van der Waals surface area (Å²) in [6.45, 7) is 6.31. The van der Waals surface area contributed by atoms with E-state index in [9.17, 15) is 9.59 Å². The third-order valence-electron chi connectivity index (χ3n) is 6.30. The minimum absolute atomic E-state index is 0.0577. The molecule has 0 unspecified atom stereocenters. The van der Waals surface area contributed by atoms with Gasteiger partial charge in [0.1, 0.15) is 0 Å². The second-order valence-electron chi connectivity index (χ2n) is 7.77. The third-order valence-corrected chi connectivity index (χ3v) is 6.30. The molecule has 1 aliphatic carbocycles. The van der Waals surface area contributed by atoms with Gasteiger partial charge in [0.25, 0.3) is 0 Å². The van der Waals surface area contributed by atoms with Gasteiger partial charge in [-0.25, -0.2) is 0 Å². The highest BCUT2D eigenvalue weighted by Gasteiger charge is 2.58. The van der Waals surface area contributed by atoms with Crippen LogP contribution in [0.25, 0.3) is 0 Å². The number of carbonyl (C=O) groups is 2. The van der Waals surface area contributed by atoms with Crippen molar-refractivity contribution in [2.45, 2.75) is 25.2 Å². The van der Waals surface area contributed by atoms with Crippen LogP contribution in [0.3, 0.4) is 0 Å². The van der Waals surface area contributed by atoms with Crippen LogP contribution in [0.1, 0.15) is 30.7 Å². The first-order chi connectivity index (χ1) is 12.7. The first-order valence-corrected chi connectivity index (χ1v) is 9.55. The molecule has 4 rings (SSSR count). The van der Waals surface area contributed by atoms with Gasteiger partial charge in [0, 0.05) is 38.0 Å². The van der Waals surface area contributed by atoms with Gasteiger partial charge in [0.2, 0.25) is 11.8 Å². The lowest BCUT2D eigenvalue weighted by Gasteiger charge is -2.28. The molecule has 1 spiro atoms. The van der Waals surface area contributed by atoms with Crippen molar-refractivity contribution in [2.75, 3.05) is 26.2 Å². The lowest BCUT2D eigenvalue weighted by atomic mass is 9.73. The Bertz CT molecular complexity index is 734. The highest BCUT2D eigenvalue weighted by atomic mass is 16.2. The molecule has 0 saturated carbocycles. The Morgan fingerprint density at radius 2 is 1.96 bits per heavy atom. The Hall–Kier alpha value is -2.36. The highest BCUT2D eigenvalue weighted by molar-refractivity contribution is 5.89. The van der Waals surface area contributed by atoms with E-state index in [1.807, 2.05) is 28.0 Å². The molecule has 2 fully saturated rings. The summed E-state index contributed by atoms with van der Waals surface area (Å²) >= 11 is 0. The predicted octanol–water partition coefficient (Wildman–Crippen LogP) is 2.98. The molecule has 2 saturated heterocycles. The number of amides is 2. The molecule has 0 bridgehead atoms. The quantitative estimate of drug-likeness (QED) is 0.783. The van der Waals surface area contributed by atoms with Gasteiger partial charge in [0.05, 0.1) is 5.41 Å². The number of allylic oxidation sites excluding steroid dienone is 2. The summed E-state index contributed by atoms with van der Waals surface area (Å²) in [5.41, 5.74) is 0.688. The van der Waals surface area contributed by atoms with Crippen molar-refractivity contribution in [3.05, 3.63) is 60.7 Å². The number of carbonyl (C=O) groups excluding carboxylic acids is 2. The zero-order valence-electron chi connectivity index (χ0n) is 15.1. The minimum Gasteiger partial charge on any atom is -0.341 e. The van der Waals surface area contributed by atoms with Crippen LogP contribution in [0, 0.1) is 11.3 Å². The minimum atomic E-state index is -0.480. The van der Waals surface area contributed by atoms with E-state index in [4.69, 9.17) is 0 Å². The maximum absolute atomic E-state index is 13.3. The average Bonchev–Trinajstić information content (AvgIpc) is 3.39. The van der Waals surface area contributed by atoms with Gasteiger partial charge < -0.3 is 9.80 Å². The van der Waals surface area contributed by atoms with Crippen LogP contribution < -0.4 is 0 Å². The zero-order chi connectivity index (χ0) is 18.1. The monoisotopic (exact) mass is 350 g/mol. The van der Waals surface area contributed by atoms with Crippen LogP contribution in [-0.4, -0.2) is 47.8 Å². The second kappa shape index (κ2) is 6.75. The van der Waals surface area contributed by atoms with Gasteiger partial charge in [-0.05, 0) is 24.8 Å². The third kappa shape index (κ3) is 2.68. The first kappa shape index (κ1) is 17.1. The molecule has 4 nitrogen and oxygen atoms in total. The topological polar surface area (TPSA) is 40.6 Å². The van der Waals surface area contributed by atoms with Crippen LogP contribution in [0.2, 0.25) is 0 Å². The van der Waals surface area contributed by atoms with Crippen molar-refractivity contribution in [3.8, 4) is 0 Å². The van der Waals surface area contributed by atoms with Crippen molar-refractivity contribution in [2.24, 2.45) is 11.3 Å². The fraction of sp³-hybridized carbons (Fsp3) is 0.455. The van der Waals surface area contributed by atoms with Gasteiger partial charge >= 0.3 is 0 Å². The van der Waals surface area contributed by atoms with Crippen molar-refractivity contribution < 1.29 is 9.59 Å². The summed E-state index contributed by atoms with van der Waals surface area (Å²) in [7, 11) is 0. The molecule has 136 valence electrons. The normalized spacial score (nSPS) is 28.5. The molecule has 2 amide bonds. The van der Waals surface area contributed by atoms with Gasteiger partial charge in [-0.15, -0.1) is 6.58 Å². The molecule has 0 aromatic heterocycles. The van der Waals surface area contributed by atoms with Gasteiger partial charge in [-0.2, -0.15) is 0 Å². The lowest BCUT2D eigenvalue weighted by molar-refractivity contribution is -0.137. The summed E-state index contributed by atoms with van der Waals surface area (Å²) in [5, 5.41) is 0. The van der Waals surface area contributed by atoms with E-state index in [0.29, 0.717) is 19.6 Å². The van der Waals surface area contributed by atoms with Crippen molar-refractivity contribution >= 4 is 11.8 Å². The molecular weight excluding hydrogens is 324 g/mol. The number of hydrogen-bond acceptors (Lipinski definition) is 2. The molecule has 0 N–H and O–H groups in total. The fourth-order valence-corrected chi connectivity index (χ4v) is 4.92. The number of hydrogen-bond donors (Lipinski definition) is 0. The molecule has 4 heteroatoms. The van der Waals surface area contributed by atoms with E-state index in [1.54, 1.807) is 6.08 Å². The summed E-state index contributed by atoms with van der Waals surface area (Å²) in [5.74, 6) is 0.528. The van der Waals surface area contributed by atoms with Gasteiger partial charge in [-0.3, -0.25) is 9.59 Å². The Balaban J connectivity index is 1.65. The maximum Gasteiger partial charge on any atom is 0.231 e. The molecule has 2 atom stereocenters. The molecule has 2 heterocycles. The van der Waals surface area contributed by atoms with Gasteiger partial charge in [-0.1, -0.05) is 48.6 Å². The average molecular weight is 350 g/mol. The SMILES string of the molecule is C=CCN1CC[C@]2(CN(C(=O)C3CC=CC3)C[C@H]2c2ccccc2)C1=O. The fourth-order valence-electron chi connectivity index (χ4n) is 4.92. The number of benzene rings is 1. The van der Waals surface area contributed by atoms with Crippen LogP contribution >= 0.6 is 0 Å². The summed E-state index contributed by atoms with van der Waals surface area (Å²) in [4.78, 5) is 30.2. The molecular formula is C22H26N2O2. The van der Waals surface area contributed by atoms with Crippen LogP contribution in [0.4, 0.5) is 0 Å². The smallest absolute Gasteiger partial charge is 0.231 e. The predicted molar refractivity (Wildman–Crippen MR) is 101 cm³/mol. The van der Waals surface area contributed by atoms with Gasteiger partial charge in [0.15, 0.2) is 0 Å². The van der Waals surface area contributed by atoms with E-state index < -0.39 is 5.41 Å². The van der Waals surface area contributed by atoms with Crippen LogP contribution in [0.5, 0.6) is 0 Å². The van der Waals surface area contributed by atoms with E-state index in [2.05, 4.69) is 30.9 Å². The van der Waals surface area contributed by atoms with E-state index in [-0.39, 0.29) is 23.7 Å². The van der Waals surface area contributed by atoms with E-state index in [0.717, 1.165) is 25.8 Å². The number of nitrogens with zero attached hydrogens (tertiary/aromatic N) is 2. The van der Waals surface area contributed by atoms with Crippen molar-refractivity contribution in [1.29, 1.82) is 0 Å². The van der Waals surface area contributed by atoms with E-state index in [1.165, 1.54) is 5.56 Å². The Morgan fingerprint density at radius 1 is 1.23 bits per heavy atom. The van der Waals surface area contributed by atoms with Crippen molar-refractivity contribution in [3.63, 3.8) is 0 Å². The molecule has 1 aromatic rings. The molecule has 3 aliphatic rings. The largest absolute Gasteiger partial charge is 0.341 e. The number of rotatable bonds is 4. The van der Waals surface area contributed by atoms with Crippen LogP contribution in [-0.2, 0) is 9.59 Å². The van der Waals surface area contributed by atoms with Crippen molar-refractivity contribution in [1.82, 2.24) is 9.80 Å². The van der Waals surface area contributed by atoms with Crippen LogP contribution in [0.15, 0.2) is 55.1 Å². The summed E-state index contributed by atoms with van der Waals surface area (Å²) < 4.78 is 0. The standard InChI is InChI=1S/C22H26N2O2/c1-2-13-23-14-12-22(21(23)26)16-24(20(25)18-10-6-7-11-18)15-19(22)17-8-4-3-5-9-17/h2-9,18-19H,1,10-16H2/t19-,22+/m0/s1. The molecule has 2 aliphatic heterocycles. The first-order valence-electron chi connectivity index (χ1n) is 9.55. The maximum atomic E-state index is 13.3. The Kier molecular flexibility index (Phi) is 4.43. The van der Waals surface area contributed by atoms with E-state index >= 15 is 0 Å². The second-order valence-corrected chi connectivity index (χ2v) is 7.77. The summed E-state index contributed by atoms with van der Waals surface area (Å²) in [6.07, 6.45) is 8.44. The Labute approximate surface area is 155 Å².